The third kappa shape index (κ3) is 7.78. The molecule has 1 aliphatic rings. The van der Waals surface area contributed by atoms with Crippen LogP contribution < -0.4 is 0 Å². The van der Waals surface area contributed by atoms with Crippen molar-refractivity contribution < 1.29 is 17.4 Å². The molecule has 4 heteroatoms. The summed E-state index contributed by atoms with van der Waals surface area (Å²) < 4.78 is 2.69. The van der Waals surface area contributed by atoms with Crippen LogP contribution in [0, 0.1) is 12.5 Å². The average molecular weight is 390 g/mol. The summed E-state index contributed by atoms with van der Waals surface area (Å²) in [4.78, 5) is 0. The Morgan fingerprint density at radius 2 is 1.35 bits per heavy atom. The molecule has 1 aliphatic carbocycles. The molecule has 0 bridgehead atoms. The summed E-state index contributed by atoms with van der Waals surface area (Å²) in [6.45, 7) is 31.6. The molecular formula is C19H39CrNSi2-. The van der Waals surface area contributed by atoms with Crippen molar-refractivity contribution in [3.63, 3.8) is 0 Å². The normalized spacial score (nSPS) is 18.8. The minimum Gasteiger partial charge on any atom is -0.396 e. The molecule has 135 valence electrons. The van der Waals surface area contributed by atoms with Crippen molar-refractivity contribution in [2.24, 2.45) is 5.92 Å². The van der Waals surface area contributed by atoms with Gasteiger partial charge in [-0.2, -0.15) is 0 Å². The number of hydrogen-bond donors (Lipinski definition) is 0. The smallest absolute Gasteiger partial charge is 0.163 e. The number of rotatable bonds is 2. The zero-order valence-electron chi connectivity index (χ0n) is 17.6. The fraction of sp³-hybridized carbons (Fsp3) is 0.737. The maximum absolute atomic E-state index is 3.91. The van der Waals surface area contributed by atoms with E-state index in [0.29, 0.717) is 5.92 Å². The van der Waals surface area contributed by atoms with Gasteiger partial charge in [-0.15, -0.1) is 8.07 Å². The summed E-state index contributed by atoms with van der Waals surface area (Å²) in [5.74, 6) is 0.592. The molecule has 1 nitrogen and oxygen atoms in total. The van der Waals surface area contributed by atoms with Gasteiger partial charge in [0.1, 0.15) is 0 Å². The molecule has 1 atom stereocenters. The standard InChI is InChI=1S/C15H28NSi.C4H11Si.Cr/c1-10-11(2)13(4)14(12(10)3)16(17(8)9)15(5,6)7;1-5(2,3)4;/h12H,1-9H3;1H2,2-4H3;/q;-1;. The van der Waals surface area contributed by atoms with Crippen LogP contribution in [0.2, 0.25) is 32.7 Å². The first kappa shape index (κ1) is 25.5. The predicted molar refractivity (Wildman–Crippen MR) is 108 cm³/mol. The van der Waals surface area contributed by atoms with Gasteiger partial charge in [0.25, 0.3) is 0 Å². The van der Waals surface area contributed by atoms with Gasteiger partial charge in [-0.1, -0.05) is 45.2 Å². The Labute approximate surface area is 160 Å². The third-order valence-corrected chi connectivity index (χ3v) is 5.76. The fourth-order valence-electron chi connectivity index (χ4n) is 2.98. The molecule has 1 rings (SSSR count). The Hall–Kier alpha value is 0.246. The van der Waals surface area contributed by atoms with Crippen molar-refractivity contribution in [1.82, 2.24) is 4.57 Å². The summed E-state index contributed by atoms with van der Waals surface area (Å²) in [7, 11) is -1.34. The minimum absolute atomic E-state index is 0. The van der Waals surface area contributed by atoms with Crippen LogP contribution in [-0.4, -0.2) is 27.1 Å². The molecular weight excluding hydrogens is 350 g/mol. The molecule has 1 radical (unpaired) electrons. The van der Waals surface area contributed by atoms with Gasteiger partial charge < -0.3 is 11.1 Å². The maximum Gasteiger partial charge on any atom is 0.163 e. The van der Waals surface area contributed by atoms with Crippen LogP contribution in [0.15, 0.2) is 22.4 Å². The Bertz CT molecular complexity index is 445. The Morgan fingerprint density at radius 3 is 1.52 bits per heavy atom. The van der Waals surface area contributed by atoms with Gasteiger partial charge in [0, 0.05) is 34.5 Å². The zero-order chi connectivity index (χ0) is 18.0. The van der Waals surface area contributed by atoms with Crippen molar-refractivity contribution in [2.75, 3.05) is 0 Å². The summed E-state index contributed by atoms with van der Waals surface area (Å²) >= 11 is 0. The van der Waals surface area contributed by atoms with E-state index in [1.807, 2.05) is 0 Å². The second-order valence-corrected chi connectivity index (χ2v) is 16.5. The second kappa shape index (κ2) is 9.09. The fourth-order valence-corrected chi connectivity index (χ4v) is 5.16. The van der Waals surface area contributed by atoms with Crippen molar-refractivity contribution >= 4 is 17.0 Å². The molecule has 1 unspecified atom stereocenters. The molecule has 0 aromatic rings. The van der Waals surface area contributed by atoms with E-state index in [-0.39, 0.29) is 22.9 Å². The van der Waals surface area contributed by atoms with Gasteiger partial charge in [0.05, 0.1) is 0 Å². The van der Waals surface area contributed by atoms with Crippen LogP contribution in [0.1, 0.15) is 48.5 Å². The molecule has 0 spiro atoms. The quantitative estimate of drug-likeness (QED) is 0.396. The number of nitrogens with zero attached hydrogens (tertiary/aromatic N) is 1. The molecule has 0 aliphatic heterocycles. The van der Waals surface area contributed by atoms with Gasteiger partial charge in [0.15, 0.2) is 8.96 Å². The van der Waals surface area contributed by atoms with Crippen molar-refractivity contribution in [3.05, 3.63) is 29.0 Å². The summed E-state index contributed by atoms with van der Waals surface area (Å²) in [5, 5.41) is 0. The summed E-state index contributed by atoms with van der Waals surface area (Å²) in [6, 6.07) is 0. The molecule has 0 aromatic carbocycles. The van der Waals surface area contributed by atoms with Crippen molar-refractivity contribution in [1.29, 1.82) is 0 Å². The van der Waals surface area contributed by atoms with Crippen LogP contribution in [0.25, 0.3) is 0 Å². The van der Waals surface area contributed by atoms with Crippen LogP contribution in [-0.2, 0) is 17.4 Å². The summed E-state index contributed by atoms with van der Waals surface area (Å²) in [5.41, 5.74) is 6.37. The predicted octanol–water partition coefficient (Wildman–Crippen LogP) is 6.29. The van der Waals surface area contributed by atoms with Crippen molar-refractivity contribution in [2.45, 2.75) is 86.7 Å². The zero-order valence-corrected chi connectivity index (χ0v) is 20.9. The molecule has 0 saturated carbocycles. The van der Waals surface area contributed by atoms with E-state index in [9.17, 15) is 0 Å². The Morgan fingerprint density at radius 1 is 1.00 bits per heavy atom. The third-order valence-electron chi connectivity index (χ3n) is 3.96. The van der Waals surface area contributed by atoms with E-state index in [4.69, 9.17) is 0 Å². The van der Waals surface area contributed by atoms with Gasteiger partial charge in [-0.05, 0) is 52.7 Å². The first-order valence-corrected chi connectivity index (χ1v) is 14.6. The number of hydrogen-bond acceptors (Lipinski definition) is 1. The summed E-state index contributed by atoms with van der Waals surface area (Å²) in [6.07, 6.45) is 0. The van der Waals surface area contributed by atoms with E-state index in [0.717, 1.165) is 0 Å². The van der Waals surface area contributed by atoms with Crippen LogP contribution in [0.5, 0.6) is 0 Å². The average Bonchev–Trinajstić information content (AvgIpc) is 2.42. The van der Waals surface area contributed by atoms with Gasteiger partial charge in [-0.3, -0.25) is 0 Å². The molecule has 0 amide bonds. The van der Waals surface area contributed by atoms with E-state index in [1.165, 1.54) is 11.1 Å². The van der Waals surface area contributed by atoms with Gasteiger partial charge in [0.2, 0.25) is 0 Å². The minimum atomic E-state index is -0.861. The Kier molecular flexibility index (Phi) is 10.1. The first-order valence-electron chi connectivity index (χ1n) is 8.43. The molecule has 0 N–H and O–H groups in total. The van der Waals surface area contributed by atoms with E-state index in [1.54, 1.807) is 11.3 Å². The molecule has 0 saturated heterocycles. The molecule has 0 heterocycles. The van der Waals surface area contributed by atoms with Crippen LogP contribution >= 0.6 is 0 Å². The molecule has 23 heavy (non-hydrogen) atoms. The van der Waals surface area contributed by atoms with Crippen molar-refractivity contribution in [3.8, 4) is 0 Å². The SMILES string of the molecule is CC1=C(C)C(C)C(N([Si](C)C)C(C)(C)C)=C1C.[CH2-][Si](C)(C)C.[Cr]. The first-order chi connectivity index (χ1) is 9.59. The maximum atomic E-state index is 3.91. The van der Waals surface area contributed by atoms with Gasteiger partial charge in [-0.25, -0.2) is 0 Å². The molecule has 0 fully saturated rings. The van der Waals surface area contributed by atoms with Gasteiger partial charge >= 0.3 is 0 Å². The molecule has 0 aromatic heterocycles. The largest absolute Gasteiger partial charge is 0.396 e. The van der Waals surface area contributed by atoms with Crippen LogP contribution in [0.3, 0.4) is 0 Å². The van der Waals surface area contributed by atoms with E-state index >= 15 is 0 Å². The monoisotopic (exact) mass is 389 g/mol. The topological polar surface area (TPSA) is 3.24 Å². The Balaban J connectivity index is 0. The number of allylic oxidation sites excluding steroid dienone is 3. The van der Waals surface area contributed by atoms with E-state index < -0.39 is 17.0 Å². The van der Waals surface area contributed by atoms with Crippen LogP contribution in [0.4, 0.5) is 0 Å². The van der Waals surface area contributed by atoms with E-state index in [2.05, 4.69) is 92.3 Å². The second-order valence-electron chi connectivity index (χ2n) is 9.05.